The minimum Gasteiger partial charge on any atom is -0.355 e. The number of aryl methyl sites for hydroxylation is 2. The van der Waals surface area contributed by atoms with Gasteiger partial charge in [0.25, 0.3) is 0 Å². The molecule has 1 aliphatic heterocycles. The SMILES string of the molecule is Cc1cncc(N2CCCC(c3nc(C)cs3)C2)n1. The Bertz CT molecular complexity index is 566. The normalized spacial score (nSPS) is 19.7. The van der Waals surface area contributed by atoms with Gasteiger partial charge in [-0.3, -0.25) is 4.98 Å². The molecule has 1 fully saturated rings. The second kappa shape index (κ2) is 5.25. The Kier molecular flexibility index (Phi) is 3.46. The Morgan fingerprint density at radius 3 is 2.84 bits per heavy atom. The van der Waals surface area contributed by atoms with Gasteiger partial charge in [0, 0.05) is 36.3 Å². The van der Waals surface area contributed by atoms with Crippen LogP contribution in [-0.2, 0) is 0 Å². The summed E-state index contributed by atoms with van der Waals surface area (Å²) < 4.78 is 0. The molecule has 0 aliphatic carbocycles. The first-order valence-corrected chi connectivity index (χ1v) is 7.56. The highest BCUT2D eigenvalue weighted by Crippen LogP contribution is 2.30. The first-order chi connectivity index (χ1) is 9.22. The van der Waals surface area contributed by atoms with Gasteiger partial charge in [0.1, 0.15) is 5.82 Å². The van der Waals surface area contributed by atoms with Crippen LogP contribution in [0.1, 0.15) is 35.2 Å². The summed E-state index contributed by atoms with van der Waals surface area (Å²) in [5.74, 6) is 1.53. The molecular formula is C14H18N4S. The molecule has 3 rings (SSSR count). The van der Waals surface area contributed by atoms with Crippen LogP contribution in [0.5, 0.6) is 0 Å². The van der Waals surface area contributed by atoms with E-state index in [9.17, 15) is 0 Å². The first-order valence-electron chi connectivity index (χ1n) is 6.68. The van der Waals surface area contributed by atoms with Crippen molar-refractivity contribution in [3.63, 3.8) is 0 Å². The van der Waals surface area contributed by atoms with E-state index < -0.39 is 0 Å². The maximum Gasteiger partial charge on any atom is 0.147 e. The van der Waals surface area contributed by atoms with Gasteiger partial charge in [-0.2, -0.15) is 0 Å². The topological polar surface area (TPSA) is 41.9 Å². The zero-order valence-electron chi connectivity index (χ0n) is 11.3. The van der Waals surface area contributed by atoms with Crippen molar-refractivity contribution in [2.45, 2.75) is 32.6 Å². The van der Waals surface area contributed by atoms with Crippen molar-refractivity contribution < 1.29 is 0 Å². The lowest BCUT2D eigenvalue weighted by molar-refractivity contribution is 0.504. The molecule has 0 amide bonds. The third-order valence-corrected chi connectivity index (χ3v) is 4.60. The second-order valence-electron chi connectivity index (χ2n) is 5.13. The zero-order valence-corrected chi connectivity index (χ0v) is 12.2. The number of rotatable bonds is 2. The van der Waals surface area contributed by atoms with Crippen molar-refractivity contribution in [2.24, 2.45) is 0 Å². The van der Waals surface area contributed by atoms with E-state index in [2.05, 4.69) is 32.2 Å². The van der Waals surface area contributed by atoms with Gasteiger partial charge >= 0.3 is 0 Å². The number of piperidine rings is 1. The van der Waals surface area contributed by atoms with Crippen molar-refractivity contribution in [2.75, 3.05) is 18.0 Å². The minimum absolute atomic E-state index is 0.537. The largest absolute Gasteiger partial charge is 0.355 e. The molecule has 1 saturated heterocycles. The molecule has 0 aromatic carbocycles. The van der Waals surface area contributed by atoms with E-state index in [1.54, 1.807) is 17.5 Å². The summed E-state index contributed by atoms with van der Waals surface area (Å²) in [6.45, 7) is 6.12. The number of aromatic nitrogens is 3. The van der Waals surface area contributed by atoms with Crippen molar-refractivity contribution in [3.8, 4) is 0 Å². The quantitative estimate of drug-likeness (QED) is 0.844. The van der Waals surface area contributed by atoms with Crippen LogP contribution in [0.25, 0.3) is 0 Å². The van der Waals surface area contributed by atoms with Crippen molar-refractivity contribution in [1.29, 1.82) is 0 Å². The van der Waals surface area contributed by atoms with Crippen molar-refractivity contribution >= 4 is 17.2 Å². The molecular weight excluding hydrogens is 256 g/mol. The molecule has 19 heavy (non-hydrogen) atoms. The highest BCUT2D eigenvalue weighted by atomic mass is 32.1. The summed E-state index contributed by atoms with van der Waals surface area (Å²) >= 11 is 1.78. The van der Waals surface area contributed by atoms with Crippen LogP contribution in [0.4, 0.5) is 5.82 Å². The number of thiazole rings is 1. The monoisotopic (exact) mass is 274 g/mol. The molecule has 2 aromatic rings. The molecule has 100 valence electrons. The third kappa shape index (κ3) is 2.76. The van der Waals surface area contributed by atoms with Gasteiger partial charge in [-0.05, 0) is 26.7 Å². The Balaban J connectivity index is 1.78. The van der Waals surface area contributed by atoms with Crippen LogP contribution >= 0.6 is 11.3 Å². The minimum atomic E-state index is 0.537. The molecule has 1 aliphatic rings. The van der Waals surface area contributed by atoms with Gasteiger partial charge < -0.3 is 4.90 Å². The van der Waals surface area contributed by atoms with E-state index >= 15 is 0 Å². The summed E-state index contributed by atoms with van der Waals surface area (Å²) in [7, 11) is 0. The van der Waals surface area contributed by atoms with E-state index in [1.165, 1.54) is 17.8 Å². The predicted molar refractivity (Wildman–Crippen MR) is 77.8 cm³/mol. The van der Waals surface area contributed by atoms with E-state index in [0.717, 1.165) is 30.3 Å². The Labute approximate surface area is 117 Å². The maximum absolute atomic E-state index is 4.64. The second-order valence-corrected chi connectivity index (χ2v) is 6.02. The van der Waals surface area contributed by atoms with Crippen LogP contribution in [0.3, 0.4) is 0 Å². The standard InChI is InChI=1S/C14H18N4S/c1-10-6-15-7-13(16-10)18-5-3-4-12(8-18)14-17-11(2)9-19-14/h6-7,9,12H,3-5,8H2,1-2H3. The first kappa shape index (κ1) is 12.5. The van der Waals surface area contributed by atoms with Crippen LogP contribution in [0.15, 0.2) is 17.8 Å². The molecule has 2 aromatic heterocycles. The van der Waals surface area contributed by atoms with Gasteiger partial charge in [-0.1, -0.05) is 0 Å². The van der Waals surface area contributed by atoms with Crippen molar-refractivity contribution in [1.82, 2.24) is 15.0 Å². The summed E-state index contributed by atoms with van der Waals surface area (Å²) in [5, 5.41) is 3.41. The van der Waals surface area contributed by atoms with Crippen LogP contribution in [0.2, 0.25) is 0 Å². The van der Waals surface area contributed by atoms with Gasteiger partial charge in [0.15, 0.2) is 0 Å². The molecule has 0 bridgehead atoms. The molecule has 0 spiro atoms. The van der Waals surface area contributed by atoms with E-state index in [-0.39, 0.29) is 0 Å². The Morgan fingerprint density at radius 1 is 1.21 bits per heavy atom. The molecule has 1 atom stereocenters. The summed E-state index contributed by atoms with van der Waals surface area (Å²) in [6, 6.07) is 0. The fraction of sp³-hybridized carbons (Fsp3) is 0.500. The molecule has 0 saturated carbocycles. The highest BCUT2D eigenvalue weighted by Gasteiger charge is 2.24. The van der Waals surface area contributed by atoms with Crippen LogP contribution in [-0.4, -0.2) is 28.0 Å². The summed E-state index contributed by atoms with van der Waals surface area (Å²) in [5.41, 5.74) is 2.11. The molecule has 3 heterocycles. The van der Waals surface area contributed by atoms with Gasteiger partial charge in [-0.25, -0.2) is 9.97 Å². The van der Waals surface area contributed by atoms with E-state index in [1.807, 2.05) is 13.1 Å². The Hall–Kier alpha value is -1.49. The van der Waals surface area contributed by atoms with E-state index in [0.29, 0.717) is 5.92 Å². The van der Waals surface area contributed by atoms with Gasteiger partial charge in [0.05, 0.1) is 16.9 Å². The molecule has 4 nitrogen and oxygen atoms in total. The average Bonchev–Trinajstić information content (AvgIpc) is 2.86. The third-order valence-electron chi connectivity index (χ3n) is 3.47. The fourth-order valence-corrected chi connectivity index (χ4v) is 3.47. The maximum atomic E-state index is 4.64. The van der Waals surface area contributed by atoms with E-state index in [4.69, 9.17) is 0 Å². The molecule has 5 heteroatoms. The lowest BCUT2D eigenvalue weighted by atomic mass is 9.99. The number of hydrogen-bond acceptors (Lipinski definition) is 5. The van der Waals surface area contributed by atoms with Gasteiger partial charge in [-0.15, -0.1) is 11.3 Å². The molecule has 0 radical (unpaired) electrons. The van der Waals surface area contributed by atoms with Gasteiger partial charge in [0.2, 0.25) is 0 Å². The van der Waals surface area contributed by atoms with Crippen LogP contribution in [0, 0.1) is 13.8 Å². The Morgan fingerprint density at radius 2 is 2.11 bits per heavy atom. The molecule has 1 unspecified atom stereocenters. The smallest absolute Gasteiger partial charge is 0.147 e. The lowest BCUT2D eigenvalue weighted by Crippen LogP contribution is -2.35. The predicted octanol–water partition coefficient (Wildman–Crippen LogP) is 2.93. The summed E-state index contributed by atoms with van der Waals surface area (Å²) in [6.07, 6.45) is 6.08. The number of hydrogen-bond donors (Lipinski definition) is 0. The van der Waals surface area contributed by atoms with Crippen LogP contribution < -0.4 is 4.90 Å². The fourth-order valence-electron chi connectivity index (χ4n) is 2.55. The lowest BCUT2D eigenvalue weighted by Gasteiger charge is -2.32. The number of nitrogens with zero attached hydrogens (tertiary/aromatic N) is 4. The van der Waals surface area contributed by atoms with Crippen molar-refractivity contribution in [3.05, 3.63) is 34.2 Å². The zero-order chi connectivity index (χ0) is 13.2. The summed E-state index contributed by atoms with van der Waals surface area (Å²) in [4.78, 5) is 15.8. The molecule has 0 N–H and O–H groups in total. The number of anilines is 1. The highest BCUT2D eigenvalue weighted by molar-refractivity contribution is 7.09. The average molecular weight is 274 g/mol.